The highest BCUT2D eigenvalue weighted by Crippen LogP contribution is 2.37. The van der Waals surface area contributed by atoms with Crippen LogP contribution in [-0.4, -0.2) is 19.0 Å². The topological polar surface area (TPSA) is 63.1 Å². The van der Waals surface area contributed by atoms with Gasteiger partial charge in [0.1, 0.15) is 5.00 Å². The van der Waals surface area contributed by atoms with Crippen molar-refractivity contribution in [1.82, 2.24) is 0 Å². The maximum Gasteiger partial charge on any atom is 0.269 e. The van der Waals surface area contributed by atoms with Gasteiger partial charge in [-0.15, -0.1) is 11.3 Å². The summed E-state index contributed by atoms with van der Waals surface area (Å²) >= 11 is 3.17. The van der Waals surface area contributed by atoms with E-state index in [0.29, 0.717) is 5.69 Å². The lowest BCUT2D eigenvalue weighted by molar-refractivity contribution is -0.384. The summed E-state index contributed by atoms with van der Waals surface area (Å²) in [5.74, 6) is 0. The molecule has 3 aromatic carbocycles. The molecule has 0 aliphatic heterocycles. The first kappa shape index (κ1) is 22.4. The molecular weight excluding hydrogens is 452 g/mol. The maximum atomic E-state index is 11.0. The van der Waals surface area contributed by atoms with Crippen LogP contribution in [0.4, 0.5) is 22.1 Å². The van der Waals surface area contributed by atoms with Crippen LogP contribution in [0.5, 0.6) is 0 Å². The fraction of sp³-hybridized carbons (Fsp3) is 0.120. The van der Waals surface area contributed by atoms with Crippen LogP contribution in [0.15, 0.2) is 77.8 Å². The van der Waals surface area contributed by atoms with Crippen LogP contribution in [0.3, 0.4) is 0 Å². The molecule has 0 bridgehead atoms. The molecule has 0 amide bonds. The fourth-order valence-corrected chi connectivity index (χ4v) is 5.72. The highest BCUT2D eigenvalue weighted by Gasteiger charge is 2.14. The second kappa shape index (κ2) is 9.77. The zero-order valence-corrected chi connectivity index (χ0v) is 19.7. The zero-order valence-electron chi connectivity index (χ0n) is 18.1. The summed E-state index contributed by atoms with van der Waals surface area (Å²) in [6.07, 6.45) is 0.801. The molecule has 0 N–H and O–H groups in total. The molecule has 0 aliphatic rings. The molecule has 8 heteroatoms. The highest BCUT2D eigenvalue weighted by molar-refractivity contribution is 7.32. The summed E-state index contributed by atoms with van der Waals surface area (Å²) in [7, 11) is 3.97. The van der Waals surface area contributed by atoms with Gasteiger partial charge in [-0.3, -0.25) is 10.1 Å². The Balaban J connectivity index is 1.58. The van der Waals surface area contributed by atoms with Crippen LogP contribution in [0.2, 0.25) is 0 Å². The van der Waals surface area contributed by atoms with E-state index < -0.39 is 0 Å². The normalized spacial score (nSPS) is 11.2. The minimum atomic E-state index is -0.388. The highest BCUT2D eigenvalue weighted by atomic mass is 32.2. The summed E-state index contributed by atoms with van der Waals surface area (Å²) in [6.45, 7) is 7.05. The maximum absolute atomic E-state index is 11.0. The molecule has 6 nitrogen and oxygen atoms in total. The number of nitro groups is 1. The van der Waals surface area contributed by atoms with E-state index in [-0.39, 0.29) is 10.6 Å². The van der Waals surface area contributed by atoms with Crippen LogP contribution in [0.1, 0.15) is 11.1 Å². The third-order valence-corrected chi connectivity index (χ3v) is 7.50. The van der Waals surface area contributed by atoms with Crippen molar-refractivity contribution in [2.45, 2.75) is 6.42 Å². The number of nitro benzene ring substituents is 1. The Morgan fingerprint density at radius 2 is 1.55 bits per heavy atom. The summed E-state index contributed by atoms with van der Waals surface area (Å²) in [4.78, 5) is 21.9. The summed E-state index contributed by atoms with van der Waals surface area (Å²) in [5, 5.41) is 12.0. The van der Waals surface area contributed by atoms with Gasteiger partial charge in [-0.25, -0.2) is 9.84 Å². The Morgan fingerprint density at radius 3 is 2.09 bits per heavy atom. The van der Waals surface area contributed by atoms with Gasteiger partial charge in [-0.2, -0.15) is 0 Å². The van der Waals surface area contributed by atoms with Crippen molar-refractivity contribution in [2.75, 3.05) is 19.0 Å². The molecule has 4 rings (SSSR count). The molecular formula is C25H20N4O2S2. The molecule has 0 saturated heterocycles. The van der Waals surface area contributed by atoms with E-state index in [9.17, 15) is 10.1 Å². The largest absolute Gasteiger partial charge is 0.368 e. The van der Waals surface area contributed by atoms with Gasteiger partial charge in [0.15, 0.2) is 9.67 Å². The molecule has 1 aromatic heterocycles. The summed E-state index contributed by atoms with van der Waals surface area (Å²) in [6, 6.07) is 22.5. The Labute approximate surface area is 199 Å². The average Bonchev–Trinajstić information content (AvgIpc) is 3.25. The van der Waals surface area contributed by atoms with Crippen molar-refractivity contribution in [3.8, 4) is 10.4 Å². The van der Waals surface area contributed by atoms with E-state index in [1.54, 1.807) is 34.8 Å². The standard InChI is InChI=1S/C25H20N4O2S2/c1-26-20-10-4-17(5-11-20)16-18-6-12-21(13-7-18)27-25-32-23(24(33-25)28(2)3)19-8-14-22(15-9-19)29(30)31/h4-15H,16H2,2-3H3. The number of hydrogen-bond acceptors (Lipinski definition) is 6. The van der Waals surface area contributed by atoms with Crippen LogP contribution in [-0.2, 0) is 6.42 Å². The fourth-order valence-electron chi connectivity index (χ4n) is 3.26. The number of benzene rings is 3. The van der Waals surface area contributed by atoms with Crippen molar-refractivity contribution in [2.24, 2.45) is 4.99 Å². The third kappa shape index (κ3) is 5.34. The van der Waals surface area contributed by atoms with E-state index in [1.807, 2.05) is 55.4 Å². The van der Waals surface area contributed by atoms with E-state index in [4.69, 9.17) is 11.6 Å². The van der Waals surface area contributed by atoms with Gasteiger partial charge >= 0.3 is 0 Å². The Hall–Kier alpha value is -3.80. The van der Waals surface area contributed by atoms with Gasteiger partial charge in [0.25, 0.3) is 5.69 Å². The monoisotopic (exact) mass is 472 g/mol. The molecule has 0 unspecified atom stereocenters. The van der Waals surface area contributed by atoms with Gasteiger partial charge in [-0.1, -0.05) is 47.7 Å². The van der Waals surface area contributed by atoms with Crippen molar-refractivity contribution < 1.29 is 4.92 Å². The summed E-state index contributed by atoms with van der Waals surface area (Å²) < 4.78 is 0.912. The van der Waals surface area contributed by atoms with E-state index >= 15 is 0 Å². The number of nitrogens with zero attached hydrogens (tertiary/aromatic N) is 4. The molecule has 4 aromatic rings. The van der Waals surface area contributed by atoms with Crippen LogP contribution < -0.4 is 8.88 Å². The second-order valence-electron chi connectivity index (χ2n) is 7.54. The minimum Gasteiger partial charge on any atom is -0.368 e. The molecule has 0 spiro atoms. The smallest absolute Gasteiger partial charge is 0.269 e. The molecule has 0 saturated carbocycles. The average molecular weight is 473 g/mol. The lowest BCUT2D eigenvalue weighted by Crippen LogP contribution is -2.07. The first-order valence-corrected chi connectivity index (χ1v) is 11.7. The Morgan fingerprint density at radius 1 is 0.939 bits per heavy atom. The Kier molecular flexibility index (Phi) is 6.63. The molecule has 0 atom stereocenters. The molecule has 0 aliphatic carbocycles. The number of rotatable bonds is 6. The minimum absolute atomic E-state index is 0.0812. The van der Waals surface area contributed by atoms with Crippen LogP contribution >= 0.6 is 22.7 Å². The number of hydrogen-bond donors (Lipinski definition) is 0. The van der Waals surface area contributed by atoms with E-state index in [1.165, 1.54) is 17.7 Å². The lowest BCUT2D eigenvalue weighted by atomic mass is 10.0. The first-order chi connectivity index (χ1) is 15.9. The predicted octanol–water partition coefficient (Wildman–Crippen LogP) is 6.82. The van der Waals surface area contributed by atoms with Crippen molar-refractivity contribution in [1.29, 1.82) is 0 Å². The molecule has 164 valence electrons. The molecule has 0 fully saturated rings. The predicted molar refractivity (Wildman–Crippen MR) is 136 cm³/mol. The SMILES string of the molecule is [C-]#[N+]c1ccc(Cc2ccc(N=c3sc(-c4ccc([N+](=O)[O-])cc4)c(N(C)C)s3)cc2)cc1. The van der Waals surface area contributed by atoms with Gasteiger partial charge in [0.05, 0.1) is 22.1 Å². The van der Waals surface area contributed by atoms with Gasteiger partial charge in [0.2, 0.25) is 0 Å². The molecule has 33 heavy (non-hydrogen) atoms. The van der Waals surface area contributed by atoms with Gasteiger partial charge < -0.3 is 4.90 Å². The second-order valence-corrected chi connectivity index (χ2v) is 9.77. The number of non-ortho nitro benzene ring substituents is 1. The van der Waals surface area contributed by atoms with Crippen molar-refractivity contribution in [3.05, 3.63) is 109 Å². The zero-order chi connectivity index (χ0) is 23.4. The van der Waals surface area contributed by atoms with Crippen molar-refractivity contribution in [3.63, 3.8) is 0 Å². The summed E-state index contributed by atoms with van der Waals surface area (Å²) in [5.41, 5.74) is 4.88. The van der Waals surface area contributed by atoms with Crippen LogP contribution in [0, 0.1) is 16.7 Å². The quantitative estimate of drug-likeness (QED) is 0.176. The van der Waals surface area contributed by atoms with Gasteiger partial charge in [-0.05, 0) is 47.4 Å². The van der Waals surface area contributed by atoms with E-state index in [2.05, 4.69) is 17.0 Å². The van der Waals surface area contributed by atoms with Crippen molar-refractivity contribution >= 4 is 44.7 Å². The Bertz CT molecular complexity index is 1380. The number of anilines is 1. The third-order valence-electron chi connectivity index (χ3n) is 4.94. The molecule has 1 heterocycles. The van der Waals surface area contributed by atoms with Crippen LogP contribution in [0.25, 0.3) is 15.3 Å². The van der Waals surface area contributed by atoms with Gasteiger partial charge in [0, 0.05) is 26.2 Å². The van der Waals surface area contributed by atoms with E-state index in [0.717, 1.165) is 37.1 Å². The molecule has 0 radical (unpaired) electrons. The lowest BCUT2D eigenvalue weighted by Gasteiger charge is -2.11. The first-order valence-electron chi connectivity index (χ1n) is 10.1.